The molecule has 4 rings (SSSR count). The van der Waals surface area contributed by atoms with Crippen molar-refractivity contribution in [3.63, 3.8) is 0 Å². The largest absolute Gasteiger partial charge is 0.468 e. The average molecular weight is 470 g/mol. The van der Waals surface area contributed by atoms with Crippen molar-refractivity contribution in [1.82, 2.24) is 9.80 Å². The van der Waals surface area contributed by atoms with Crippen LogP contribution in [0.25, 0.3) is 0 Å². The first-order valence-electron chi connectivity index (χ1n) is 11.2. The van der Waals surface area contributed by atoms with E-state index in [4.69, 9.17) is 16.3 Å². The SMILES string of the molecule is COC(=O)C(c1ccccc1Cl)N1CCN(C(=O)c2ccc(NC(=O)C3CC3C)cc2)CC1. The van der Waals surface area contributed by atoms with Crippen LogP contribution in [0.4, 0.5) is 5.69 Å². The summed E-state index contributed by atoms with van der Waals surface area (Å²) in [5.74, 6) is 0.136. The summed E-state index contributed by atoms with van der Waals surface area (Å²) in [6.45, 7) is 4.06. The Hall–Kier alpha value is -2.90. The Labute approximate surface area is 198 Å². The molecule has 2 aliphatic rings. The Bertz CT molecular complexity index is 1030. The van der Waals surface area contributed by atoms with E-state index in [0.29, 0.717) is 53.9 Å². The van der Waals surface area contributed by atoms with Gasteiger partial charge in [0.15, 0.2) is 0 Å². The third-order valence-corrected chi connectivity index (χ3v) is 6.78. The Morgan fingerprint density at radius 1 is 1.03 bits per heavy atom. The molecule has 1 aliphatic heterocycles. The number of esters is 1. The molecule has 2 amide bonds. The van der Waals surface area contributed by atoms with Gasteiger partial charge in [-0.3, -0.25) is 14.5 Å². The summed E-state index contributed by atoms with van der Waals surface area (Å²) < 4.78 is 5.03. The molecular weight excluding hydrogens is 442 g/mol. The first-order chi connectivity index (χ1) is 15.9. The normalized spacial score (nSPS) is 21.2. The van der Waals surface area contributed by atoms with E-state index >= 15 is 0 Å². The summed E-state index contributed by atoms with van der Waals surface area (Å²) in [6.07, 6.45) is 0.932. The molecule has 1 saturated heterocycles. The van der Waals surface area contributed by atoms with Gasteiger partial charge in [-0.1, -0.05) is 36.7 Å². The summed E-state index contributed by atoms with van der Waals surface area (Å²) in [5, 5.41) is 3.42. The lowest BCUT2D eigenvalue weighted by molar-refractivity contribution is -0.148. The van der Waals surface area contributed by atoms with E-state index in [0.717, 1.165) is 6.42 Å². The molecule has 1 saturated carbocycles. The number of rotatable bonds is 6. The minimum absolute atomic E-state index is 0.0383. The summed E-state index contributed by atoms with van der Waals surface area (Å²) in [6, 6.07) is 13.6. The number of hydrogen-bond acceptors (Lipinski definition) is 5. The van der Waals surface area contributed by atoms with Gasteiger partial charge in [-0.25, -0.2) is 4.79 Å². The second-order valence-corrected chi connectivity index (χ2v) is 9.07. The molecule has 0 aromatic heterocycles. The van der Waals surface area contributed by atoms with Crippen LogP contribution >= 0.6 is 11.6 Å². The minimum Gasteiger partial charge on any atom is -0.468 e. The molecule has 0 spiro atoms. The number of hydrogen-bond donors (Lipinski definition) is 1. The Balaban J connectivity index is 1.37. The second-order valence-electron chi connectivity index (χ2n) is 8.66. The van der Waals surface area contributed by atoms with Crippen LogP contribution in [0.5, 0.6) is 0 Å². The van der Waals surface area contributed by atoms with E-state index in [9.17, 15) is 14.4 Å². The van der Waals surface area contributed by atoms with Crippen LogP contribution in [0.15, 0.2) is 48.5 Å². The lowest BCUT2D eigenvalue weighted by atomic mass is 10.0. The summed E-state index contributed by atoms with van der Waals surface area (Å²) in [7, 11) is 1.36. The number of carbonyl (C=O) groups is 3. The zero-order valence-electron chi connectivity index (χ0n) is 18.8. The number of amides is 2. The maximum Gasteiger partial charge on any atom is 0.327 e. The van der Waals surface area contributed by atoms with Crippen molar-refractivity contribution in [2.75, 3.05) is 38.6 Å². The maximum atomic E-state index is 13.0. The van der Waals surface area contributed by atoms with Gasteiger partial charge in [0.1, 0.15) is 6.04 Å². The van der Waals surface area contributed by atoms with E-state index < -0.39 is 6.04 Å². The van der Waals surface area contributed by atoms with Crippen molar-refractivity contribution < 1.29 is 19.1 Å². The van der Waals surface area contributed by atoms with Gasteiger partial charge < -0.3 is 15.0 Å². The smallest absolute Gasteiger partial charge is 0.327 e. The van der Waals surface area contributed by atoms with Crippen LogP contribution in [0, 0.1) is 11.8 Å². The number of piperazine rings is 1. The molecule has 33 heavy (non-hydrogen) atoms. The van der Waals surface area contributed by atoms with Crippen molar-refractivity contribution in [3.8, 4) is 0 Å². The zero-order valence-corrected chi connectivity index (χ0v) is 19.5. The van der Waals surface area contributed by atoms with Crippen LogP contribution < -0.4 is 5.32 Å². The number of carbonyl (C=O) groups excluding carboxylic acids is 3. The highest BCUT2D eigenvalue weighted by molar-refractivity contribution is 6.31. The summed E-state index contributed by atoms with van der Waals surface area (Å²) in [5.41, 5.74) is 1.96. The topological polar surface area (TPSA) is 79.0 Å². The first-order valence-corrected chi connectivity index (χ1v) is 11.5. The van der Waals surface area contributed by atoms with E-state index in [1.54, 1.807) is 35.2 Å². The van der Waals surface area contributed by atoms with Crippen molar-refractivity contribution in [1.29, 1.82) is 0 Å². The fraction of sp³-hybridized carbons (Fsp3) is 0.400. The molecule has 2 aromatic rings. The van der Waals surface area contributed by atoms with E-state index in [1.165, 1.54) is 7.11 Å². The van der Waals surface area contributed by atoms with Crippen molar-refractivity contribution >= 4 is 35.1 Å². The molecule has 3 atom stereocenters. The highest BCUT2D eigenvalue weighted by Gasteiger charge is 2.39. The first kappa shape index (κ1) is 23.3. The third kappa shape index (κ3) is 5.20. The molecule has 2 fully saturated rings. The number of benzene rings is 2. The summed E-state index contributed by atoms with van der Waals surface area (Å²) >= 11 is 6.35. The lowest BCUT2D eigenvalue weighted by Gasteiger charge is -2.38. The lowest BCUT2D eigenvalue weighted by Crippen LogP contribution is -2.51. The van der Waals surface area contributed by atoms with Crippen LogP contribution in [0.1, 0.15) is 35.3 Å². The molecule has 174 valence electrons. The minimum atomic E-state index is -0.613. The van der Waals surface area contributed by atoms with Crippen molar-refractivity contribution in [3.05, 3.63) is 64.7 Å². The molecule has 0 radical (unpaired) electrons. The molecule has 0 bridgehead atoms. The molecule has 2 aromatic carbocycles. The molecule has 1 aliphatic carbocycles. The molecule has 1 N–H and O–H groups in total. The molecule has 7 nitrogen and oxygen atoms in total. The number of anilines is 1. The van der Waals surface area contributed by atoms with Crippen LogP contribution in [0.3, 0.4) is 0 Å². The van der Waals surface area contributed by atoms with Gasteiger partial charge in [-0.15, -0.1) is 0 Å². The number of methoxy groups -OCH3 is 1. The highest BCUT2D eigenvalue weighted by atomic mass is 35.5. The van der Waals surface area contributed by atoms with E-state index in [2.05, 4.69) is 12.2 Å². The standard InChI is InChI=1S/C25H28ClN3O4/c1-16-15-20(16)23(30)27-18-9-7-17(8-10-18)24(31)29-13-11-28(12-14-29)22(25(32)33-2)19-5-3-4-6-21(19)26/h3-10,16,20,22H,11-15H2,1-2H3,(H,27,30). The fourth-order valence-corrected chi connectivity index (χ4v) is 4.50. The molecule has 1 heterocycles. The van der Waals surface area contributed by atoms with Gasteiger partial charge in [0, 0.05) is 48.4 Å². The van der Waals surface area contributed by atoms with Gasteiger partial charge in [-0.05, 0) is 48.2 Å². The van der Waals surface area contributed by atoms with Gasteiger partial charge in [0.2, 0.25) is 5.91 Å². The van der Waals surface area contributed by atoms with Crippen LogP contribution in [-0.4, -0.2) is 60.9 Å². The van der Waals surface area contributed by atoms with Gasteiger partial charge in [0.25, 0.3) is 5.91 Å². The maximum absolute atomic E-state index is 13.0. The zero-order chi connectivity index (χ0) is 23.5. The van der Waals surface area contributed by atoms with Crippen molar-refractivity contribution in [2.24, 2.45) is 11.8 Å². The number of halogens is 1. The quantitative estimate of drug-likeness (QED) is 0.654. The van der Waals surface area contributed by atoms with Gasteiger partial charge >= 0.3 is 5.97 Å². The van der Waals surface area contributed by atoms with E-state index in [-0.39, 0.29) is 23.7 Å². The Morgan fingerprint density at radius 2 is 1.67 bits per heavy atom. The average Bonchev–Trinajstić information content (AvgIpc) is 3.57. The van der Waals surface area contributed by atoms with Crippen molar-refractivity contribution in [2.45, 2.75) is 19.4 Å². The molecule has 8 heteroatoms. The predicted molar refractivity (Wildman–Crippen MR) is 126 cm³/mol. The predicted octanol–water partition coefficient (Wildman–Crippen LogP) is 3.61. The van der Waals surface area contributed by atoms with Gasteiger partial charge in [-0.2, -0.15) is 0 Å². The number of nitrogens with one attached hydrogen (secondary N) is 1. The van der Waals surface area contributed by atoms with E-state index in [1.807, 2.05) is 23.1 Å². The number of nitrogens with zero attached hydrogens (tertiary/aromatic N) is 2. The second kappa shape index (κ2) is 9.93. The Morgan fingerprint density at radius 3 is 2.24 bits per heavy atom. The summed E-state index contributed by atoms with van der Waals surface area (Å²) in [4.78, 5) is 41.4. The monoisotopic (exact) mass is 469 g/mol. The van der Waals surface area contributed by atoms with Crippen LogP contribution in [-0.2, 0) is 14.3 Å². The molecular formula is C25H28ClN3O4. The third-order valence-electron chi connectivity index (χ3n) is 6.44. The molecule has 3 unspecified atom stereocenters. The Kier molecular flexibility index (Phi) is 7.00. The van der Waals surface area contributed by atoms with Gasteiger partial charge in [0.05, 0.1) is 7.11 Å². The highest BCUT2D eigenvalue weighted by Crippen LogP contribution is 2.38. The fourth-order valence-electron chi connectivity index (χ4n) is 4.27. The van der Waals surface area contributed by atoms with Crippen LogP contribution in [0.2, 0.25) is 5.02 Å². The number of ether oxygens (including phenoxy) is 1.